The molecule has 3 saturated heterocycles. The summed E-state index contributed by atoms with van der Waals surface area (Å²) in [6.45, 7) is 7.76. The summed E-state index contributed by atoms with van der Waals surface area (Å²) in [5.41, 5.74) is 10.7. The highest BCUT2D eigenvalue weighted by Gasteiger charge is 2.59. The molecular formula is C26H37N5O3. The van der Waals surface area contributed by atoms with Gasteiger partial charge in [-0.3, -0.25) is 9.59 Å². The number of rotatable bonds is 5. The molecule has 1 aromatic carbocycles. The van der Waals surface area contributed by atoms with E-state index in [-0.39, 0.29) is 18.4 Å². The Morgan fingerprint density at radius 3 is 2.29 bits per heavy atom. The van der Waals surface area contributed by atoms with Crippen molar-refractivity contribution in [1.82, 2.24) is 26.2 Å². The third-order valence-corrected chi connectivity index (χ3v) is 9.20. The molecule has 6 rings (SSSR count). The van der Waals surface area contributed by atoms with E-state index < -0.39 is 0 Å². The second kappa shape index (κ2) is 8.81. The van der Waals surface area contributed by atoms with Crippen molar-refractivity contribution < 1.29 is 14.3 Å². The van der Waals surface area contributed by atoms with Crippen molar-refractivity contribution in [1.29, 1.82) is 0 Å². The van der Waals surface area contributed by atoms with E-state index in [4.69, 9.17) is 4.74 Å². The van der Waals surface area contributed by atoms with Crippen molar-refractivity contribution in [2.75, 3.05) is 32.8 Å². The number of nitrogens with one attached hydrogen (secondary N) is 3. The highest BCUT2D eigenvalue weighted by atomic mass is 16.5. The van der Waals surface area contributed by atoms with E-state index >= 15 is 0 Å². The summed E-state index contributed by atoms with van der Waals surface area (Å²) >= 11 is 0. The average Bonchev–Trinajstić information content (AvgIpc) is 3.56. The fraction of sp³-hybridized carbons (Fsp3) is 0.692. The first-order valence-corrected chi connectivity index (χ1v) is 13.0. The fourth-order valence-corrected chi connectivity index (χ4v) is 7.29. The molecule has 7 atom stereocenters. The molecule has 2 amide bonds. The molecule has 5 aliphatic rings. The van der Waals surface area contributed by atoms with E-state index in [2.05, 4.69) is 41.2 Å². The highest BCUT2D eigenvalue weighted by Crippen LogP contribution is 2.54. The topological polar surface area (TPSA) is 85.9 Å². The molecule has 3 unspecified atom stereocenters. The van der Waals surface area contributed by atoms with Crippen LogP contribution >= 0.6 is 0 Å². The maximum atomic E-state index is 13.3. The van der Waals surface area contributed by atoms with E-state index in [1.165, 1.54) is 0 Å². The van der Waals surface area contributed by atoms with Crippen LogP contribution in [0.5, 0.6) is 5.75 Å². The largest absolute Gasteiger partial charge is 0.483 e. The number of carbonyl (C=O) groups is 2. The van der Waals surface area contributed by atoms with Gasteiger partial charge in [-0.15, -0.1) is 0 Å². The molecule has 34 heavy (non-hydrogen) atoms. The predicted molar refractivity (Wildman–Crippen MR) is 127 cm³/mol. The Morgan fingerprint density at radius 1 is 0.941 bits per heavy atom. The second-order valence-corrected chi connectivity index (χ2v) is 11.3. The van der Waals surface area contributed by atoms with Crippen LogP contribution in [-0.4, -0.2) is 66.5 Å². The Hall–Kier alpha value is -2.16. The molecule has 3 heterocycles. The van der Waals surface area contributed by atoms with Gasteiger partial charge in [0, 0.05) is 44.2 Å². The number of hydrogen-bond donors (Lipinski definition) is 3. The summed E-state index contributed by atoms with van der Waals surface area (Å²) in [5, 5.41) is 0. The summed E-state index contributed by atoms with van der Waals surface area (Å²) in [6, 6.07) is 8.77. The van der Waals surface area contributed by atoms with E-state index in [0.29, 0.717) is 47.6 Å². The number of amides is 2. The Labute approximate surface area is 201 Å². The van der Waals surface area contributed by atoms with E-state index in [1.807, 2.05) is 23.1 Å². The quantitative estimate of drug-likeness (QED) is 0.609. The molecule has 2 aliphatic carbocycles. The Morgan fingerprint density at radius 2 is 1.59 bits per heavy atom. The summed E-state index contributed by atoms with van der Waals surface area (Å²) in [6.07, 6.45) is 2.91. The Bertz CT molecular complexity index is 934. The third-order valence-electron chi connectivity index (χ3n) is 9.20. The van der Waals surface area contributed by atoms with Crippen molar-refractivity contribution in [3.05, 3.63) is 29.8 Å². The number of para-hydroxylation sites is 1. The zero-order valence-corrected chi connectivity index (χ0v) is 20.2. The summed E-state index contributed by atoms with van der Waals surface area (Å²) in [4.78, 5) is 30.4. The van der Waals surface area contributed by atoms with Crippen LogP contribution in [0.25, 0.3) is 0 Å². The smallest absolute Gasteiger partial charge is 0.260 e. The van der Waals surface area contributed by atoms with Gasteiger partial charge in [0.1, 0.15) is 5.75 Å². The molecule has 1 aromatic rings. The van der Waals surface area contributed by atoms with Gasteiger partial charge in [0.05, 0.1) is 0 Å². The molecule has 8 heteroatoms. The van der Waals surface area contributed by atoms with Crippen LogP contribution < -0.4 is 21.1 Å². The van der Waals surface area contributed by atoms with Gasteiger partial charge in [0.25, 0.3) is 5.91 Å². The van der Waals surface area contributed by atoms with Crippen LogP contribution in [0.3, 0.4) is 0 Å². The van der Waals surface area contributed by atoms with Gasteiger partial charge in [-0.25, -0.2) is 10.9 Å². The number of likely N-dealkylation sites (tertiary alicyclic amines) is 2. The first-order valence-electron chi connectivity index (χ1n) is 13.0. The van der Waals surface area contributed by atoms with Crippen molar-refractivity contribution in [2.24, 2.45) is 29.6 Å². The molecule has 5 fully saturated rings. The molecular weight excluding hydrogens is 430 g/mol. The lowest BCUT2D eigenvalue weighted by Gasteiger charge is -2.42. The van der Waals surface area contributed by atoms with E-state index in [9.17, 15) is 9.59 Å². The lowest BCUT2D eigenvalue weighted by molar-refractivity contribution is -0.136. The molecule has 0 radical (unpaired) electrons. The summed E-state index contributed by atoms with van der Waals surface area (Å²) < 4.78 is 5.94. The van der Waals surface area contributed by atoms with Crippen LogP contribution in [0.1, 0.15) is 44.6 Å². The predicted octanol–water partition coefficient (Wildman–Crippen LogP) is 1.50. The number of hydrazine groups is 2. The zero-order valence-electron chi connectivity index (χ0n) is 20.2. The molecule has 8 nitrogen and oxygen atoms in total. The molecule has 3 N–H and O–H groups in total. The molecule has 0 spiro atoms. The summed E-state index contributed by atoms with van der Waals surface area (Å²) in [7, 11) is 0. The van der Waals surface area contributed by atoms with Gasteiger partial charge >= 0.3 is 0 Å². The maximum Gasteiger partial charge on any atom is 0.260 e. The minimum Gasteiger partial charge on any atom is -0.483 e. The lowest BCUT2D eigenvalue weighted by atomic mass is 9.60. The van der Waals surface area contributed by atoms with Crippen LogP contribution in [-0.2, 0) is 9.59 Å². The Kier molecular flexibility index (Phi) is 5.78. The molecule has 0 bridgehead atoms. The second-order valence-electron chi connectivity index (χ2n) is 11.3. The minimum absolute atomic E-state index is 0.0852. The number of fused-ring (bicyclic) bond motifs is 5. The lowest BCUT2D eigenvalue weighted by Crippen LogP contribution is -2.45. The van der Waals surface area contributed by atoms with Crippen molar-refractivity contribution in [3.63, 3.8) is 0 Å². The monoisotopic (exact) mass is 467 g/mol. The van der Waals surface area contributed by atoms with Crippen molar-refractivity contribution in [3.8, 4) is 5.75 Å². The molecule has 0 aromatic heterocycles. The van der Waals surface area contributed by atoms with Crippen LogP contribution in [0.2, 0.25) is 0 Å². The highest BCUT2D eigenvalue weighted by molar-refractivity contribution is 5.80. The third kappa shape index (κ3) is 3.80. The number of benzene rings is 1. The maximum absolute atomic E-state index is 13.3. The fourth-order valence-electron chi connectivity index (χ4n) is 7.29. The number of hydrogen-bond acceptors (Lipinski definition) is 6. The molecule has 184 valence electrons. The SMILES string of the molecule is CC(C)c1ccccc1OCC(=O)N1C[C@@H]2[C@H](C1)[C@H]1CN(C(=O)C3CCC4NNNC4C3)C[C@@H]21. The standard InChI is InChI=1S/C26H37N5O3/c1-15(2)17-5-3-4-6-24(17)34-14-25(32)30-10-18-19(11-30)21-13-31(12-20(18)21)26(33)16-7-8-22-23(9-16)28-29-27-22/h3-6,15-16,18-23,27-29H,7-14H2,1-2H3/t16?,18-,19+,20+,21-,22?,23?. The van der Waals surface area contributed by atoms with Gasteiger partial charge in [0.15, 0.2) is 6.61 Å². The number of ether oxygens (including phenoxy) is 1. The number of carbonyl (C=O) groups excluding carboxylic acids is 2. The van der Waals surface area contributed by atoms with Crippen LogP contribution in [0.4, 0.5) is 0 Å². The van der Waals surface area contributed by atoms with Gasteiger partial charge in [-0.05, 0) is 60.5 Å². The van der Waals surface area contributed by atoms with Crippen molar-refractivity contribution in [2.45, 2.75) is 51.1 Å². The van der Waals surface area contributed by atoms with E-state index in [0.717, 1.165) is 56.8 Å². The first kappa shape index (κ1) is 22.3. The average molecular weight is 468 g/mol. The van der Waals surface area contributed by atoms with Crippen molar-refractivity contribution >= 4 is 11.8 Å². The molecule has 3 aliphatic heterocycles. The van der Waals surface area contributed by atoms with Gasteiger partial charge in [0.2, 0.25) is 5.91 Å². The van der Waals surface area contributed by atoms with Gasteiger partial charge < -0.3 is 14.5 Å². The van der Waals surface area contributed by atoms with Crippen LogP contribution in [0, 0.1) is 29.6 Å². The zero-order chi connectivity index (χ0) is 23.4. The van der Waals surface area contributed by atoms with Gasteiger partial charge in [-0.2, -0.15) is 5.53 Å². The summed E-state index contributed by atoms with van der Waals surface area (Å²) in [5.74, 6) is 3.93. The Balaban J connectivity index is 1.01. The number of nitrogens with zero attached hydrogens (tertiary/aromatic N) is 2. The first-order chi connectivity index (χ1) is 16.5. The van der Waals surface area contributed by atoms with Crippen LogP contribution in [0.15, 0.2) is 24.3 Å². The van der Waals surface area contributed by atoms with Gasteiger partial charge in [-0.1, -0.05) is 32.0 Å². The molecule has 2 saturated carbocycles. The normalized spacial score (nSPS) is 36.1. The van der Waals surface area contributed by atoms with E-state index in [1.54, 1.807) is 0 Å². The minimum atomic E-state index is 0.0852.